The number of rotatable bonds is 5. The van der Waals surface area contributed by atoms with Crippen LogP contribution >= 0.6 is 0 Å². The summed E-state index contributed by atoms with van der Waals surface area (Å²) in [5.41, 5.74) is 11.0. The van der Waals surface area contributed by atoms with E-state index in [1.165, 1.54) is 66.3 Å². The first-order valence-electron chi connectivity index (χ1n) is 12.1. The maximum atomic E-state index is 10.2. The Bertz CT molecular complexity index is 996. The number of benzene rings is 3. The van der Waals surface area contributed by atoms with E-state index in [1.807, 2.05) is 30.3 Å². The van der Waals surface area contributed by atoms with E-state index >= 15 is 0 Å². The molecule has 0 spiro atoms. The normalized spacial score (nSPS) is 16.2. The molecule has 2 N–H and O–H groups in total. The minimum Gasteiger partial charge on any atom is -0.326 e. The summed E-state index contributed by atoms with van der Waals surface area (Å²) in [6.45, 7) is 0.640. The molecular formula is C30H34N2. The highest BCUT2D eigenvalue weighted by Gasteiger charge is 2.42. The Morgan fingerprint density at radius 3 is 1.88 bits per heavy atom. The molecule has 0 atom stereocenters. The maximum absolute atomic E-state index is 10.2. The van der Waals surface area contributed by atoms with Gasteiger partial charge in [-0.2, -0.15) is 5.26 Å². The van der Waals surface area contributed by atoms with E-state index in [-0.39, 0.29) is 0 Å². The lowest BCUT2D eigenvalue weighted by Gasteiger charge is -2.26. The van der Waals surface area contributed by atoms with E-state index in [9.17, 15) is 5.26 Å². The first-order valence-corrected chi connectivity index (χ1v) is 12.1. The largest absolute Gasteiger partial charge is 0.326 e. The van der Waals surface area contributed by atoms with Crippen molar-refractivity contribution >= 4 is 0 Å². The number of nitrogens with two attached hydrogens (primary N) is 1. The molecule has 0 heterocycles. The van der Waals surface area contributed by atoms with Crippen LogP contribution in [0.25, 0.3) is 11.1 Å². The number of hydrogen-bond donors (Lipinski definition) is 1. The zero-order valence-electron chi connectivity index (χ0n) is 19.0. The molecule has 0 bridgehead atoms. The summed E-state index contributed by atoms with van der Waals surface area (Å²) in [7, 11) is 0. The van der Waals surface area contributed by atoms with Crippen molar-refractivity contribution in [1.82, 2.24) is 0 Å². The van der Waals surface area contributed by atoms with E-state index < -0.39 is 5.41 Å². The van der Waals surface area contributed by atoms with Gasteiger partial charge in [-0.25, -0.2) is 0 Å². The monoisotopic (exact) mass is 422 g/mol. The van der Waals surface area contributed by atoms with Crippen LogP contribution in [0, 0.1) is 17.2 Å². The molecular weight excluding hydrogens is 388 g/mol. The topological polar surface area (TPSA) is 49.8 Å². The van der Waals surface area contributed by atoms with Crippen LogP contribution in [-0.2, 0) is 12.0 Å². The predicted octanol–water partition coefficient (Wildman–Crippen LogP) is 7.37. The number of hydrogen-bond acceptors (Lipinski definition) is 2. The first kappa shape index (κ1) is 22.3. The van der Waals surface area contributed by atoms with Crippen LogP contribution in [0.1, 0.15) is 68.1 Å². The molecule has 0 radical (unpaired) electrons. The van der Waals surface area contributed by atoms with Gasteiger partial charge in [-0.3, -0.25) is 0 Å². The zero-order valence-corrected chi connectivity index (χ0v) is 19.0. The van der Waals surface area contributed by atoms with Crippen LogP contribution in [0.4, 0.5) is 0 Å². The van der Waals surface area contributed by atoms with Crippen LogP contribution in [0.15, 0.2) is 78.9 Å². The lowest BCUT2D eigenvalue weighted by molar-refractivity contribution is 0.324. The van der Waals surface area contributed by atoms with Crippen LogP contribution in [0.2, 0.25) is 0 Å². The molecule has 0 aromatic heterocycles. The third-order valence-corrected chi connectivity index (χ3v) is 7.22. The van der Waals surface area contributed by atoms with Gasteiger partial charge in [0.2, 0.25) is 0 Å². The van der Waals surface area contributed by atoms with E-state index in [4.69, 9.17) is 5.73 Å². The van der Waals surface area contributed by atoms with Gasteiger partial charge in [0.05, 0.1) is 6.07 Å². The summed E-state index contributed by atoms with van der Waals surface area (Å²) in [6.07, 6.45) is 10.4. The van der Waals surface area contributed by atoms with Crippen molar-refractivity contribution in [2.75, 3.05) is 0 Å². The molecule has 5 rings (SSSR count). The molecule has 2 aliphatic carbocycles. The fourth-order valence-electron chi connectivity index (χ4n) is 5.52. The van der Waals surface area contributed by atoms with Crippen LogP contribution in [0.5, 0.6) is 0 Å². The van der Waals surface area contributed by atoms with Crippen LogP contribution in [0.3, 0.4) is 0 Å². The molecule has 0 unspecified atom stereocenters. The molecule has 0 saturated heterocycles. The van der Waals surface area contributed by atoms with Crippen molar-refractivity contribution in [1.29, 1.82) is 5.26 Å². The number of nitrogens with zero attached hydrogens (tertiary/aromatic N) is 1. The number of fused-ring (bicyclic) bond motifs is 3. The molecule has 32 heavy (non-hydrogen) atoms. The third-order valence-electron chi connectivity index (χ3n) is 7.22. The average Bonchev–Trinajstić information content (AvgIpc) is 3.16. The summed E-state index contributed by atoms with van der Waals surface area (Å²) in [6, 6.07) is 29.7. The molecule has 0 amide bonds. The standard InChI is InChI=1S/C23H25N.C7H9N/c24-17-23(16-8-11-18-9-2-1-3-10-18)21-14-6-4-12-19(21)20-13-5-7-15-22(20)23;8-6-7-4-2-1-3-5-7/h4-7,12-15,18H,1-3,8-11,16H2;1-5H,6,8H2. The van der Waals surface area contributed by atoms with E-state index in [0.717, 1.165) is 18.8 Å². The van der Waals surface area contributed by atoms with Gasteiger partial charge in [-0.1, -0.05) is 124 Å². The average molecular weight is 423 g/mol. The van der Waals surface area contributed by atoms with Crippen molar-refractivity contribution in [2.45, 2.75) is 63.3 Å². The Kier molecular flexibility index (Phi) is 7.40. The number of nitriles is 1. The molecule has 2 nitrogen and oxygen atoms in total. The van der Waals surface area contributed by atoms with Crippen molar-refractivity contribution in [3.63, 3.8) is 0 Å². The fraction of sp³-hybridized carbons (Fsp3) is 0.367. The van der Waals surface area contributed by atoms with Gasteiger partial charge in [0.1, 0.15) is 5.41 Å². The highest BCUT2D eigenvalue weighted by molar-refractivity contribution is 5.82. The Balaban J connectivity index is 0.000000260. The zero-order chi connectivity index (χ0) is 22.2. The van der Waals surface area contributed by atoms with E-state index in [1.54, 1.807) is 0 Å². The fourth-order valence-corrected chi connectivity index (χ4v) is 5.52. The second-order valence-corrected chi connectivity index (χ2v) is 9.19. The molecule has 3 aromatic rings. The molecule has 3 aromatic carbocycles. The molecule has 2 aliphatic rings. The summed E-state index contributed by atoms with van der Waals surface area (Å²) >= 11 is 0. The molecule has 2 heteroatoms. The van der Waals surface area contributed by atoms with E-state index in [2.05, 4.69) is 54.6 Å². The molecule has 1 saturated carbocycles. The summed E-state index contributed by atoms with van der Waals surface area (Å²) in [5.74, 6) is 0.890. The maximum Gasteiger partial charge on any atom is 0.108 e. The van der Waals surface area contributed by atoms with Crippen LogP contribution in [-0.4, -0.2) is 0 Å². The molecule has 1 fully saturated rings. The van der Waals surface area contributed by atoms with Gasteiger partial charge >= 0.3 is 0 Å². The quantitative estimate of drug-likeness (QED) is 0.466. The van der Waals surface area contributed by atoms with Crippen molar-refractivity contribution in [3.8, 4) is 17.2 Å². The summed E-state index contributed by atoms with van der Waals surface area (Å²) < 4.78 is 0. The van der Waals surface area contributed by atoms with Crippen molar-refractivity contribution < 1.29 is 0 Å². The van der Waals surface area contributed by atoms with Gasteiger partial charge in [0.15, 0.2) is 0 Å². The van der Waals surface area contributed by atoms with Crippen molar-refractivity contribution in [3.05, 3.63) is 95.6 Å². The second kappa shape index (κ2) is 10.6. The minimum atomic E-state index is -0.443. The highest BCUT2D eigenvalue weighted by atomic mass is 14.5. The SMILES string of the molecule is N#CC1(CCCC2CCCCC2)c2ccccc2-c2ccccc21.NCc1ccccc1. The predicted molar refractivity (Wildman–Crippen MR) is 133 cm³/mol. The smallest absolute Gasteiger partial charge is 0.108 e. The lowest BCUT2D eigenvalue weighted by Crippen LogP contribution is -2.23. The molecule has 0 aliphatic heterocycles. The third kappa shape index (κ3) is 4.64. The first-order chi connectivity index (χ1) is 15.8. The van der Waals surface area contributed by atoms with Gasteiger partial charge in [-0.15, -0.1) is 0 Å². The van der Waals surface area contributed by atoms with Crippen LogP contribution < -0.4 is 5.73 Å². The van der Waals surface area contributed by atoms with Gasteiger partial charge in [-0.05, 0) is 40.2 Å². The lowest BCUT2D eigenvalue weighted by atomic mass is 9.74. The Hall–Kier alpha value is -2.89. The molecule has 164 valence electrons. The Labute approximate surface area is 193 Å². The van der Waals surface area contributed by atoms with Gasteiger partial charge in [0.25, 0.3) is 0 Å². The highest BCUT2D eigenvalue weighted by Crippen LogP contribution is 2.51. The Morgan fingerprint density at radius 1 is 0.781 bits per heavy atom. The van der Waals surface area contributed by atoms with Gasteiger partial charge < -0.3 is 5.73 Å². The van der Waals surface area contributed by atoms with Gasteiger partial charge in [0, 0.05) is 6.54 Å². The summed E-state index contributed by atoms with van der Waals surface area (Å²) in [4.78, 5) is 0. The minimum absolute atomic E-state index is 0.443. The van der Waals surface area contributed by atoms with Crippen molar-refractivity contribution in [2.24, 2.45) is 11.7 Å². The van der Waals surface area contributed by atoms with E-state index in [0.29, 0.717) is 6.54 Å². The Morgan fingerprint density at radius 2 is 1.34 bits per heavy atom. The summed E-state index contributed by atoms with van der Waals surface area (Å²) in [5, 5.41) is 10.2. The second-order valence-electron chi connectivity index (χ2n) is 9.19.